The molecule has 14 heavy (non-hydrogen) atoms. The largest absolute Gasteiger partial charge is 0.303 e. The predicted octanol–water partition coefficient (Wildman–Crippen LogP) is 2.77. The first-order valence-corrected chi connectivity index (χ1v) is 4.90. The van der Waals surface area contributed by atoms with Crippen LogP contribution < -0.4 is 0 Å². The van der Waals surface area contributed by atoms with Gasteiger partial charge in [0.1, 0.15) is 12.1 Å². The fourth-order valence-corrected chi connectivity index (χ4v) is 1.42. The Kier molecular flexibility index (Phi) is 3.81. The van der Waals surface area contributed by atoms with Gasteiger partial charge in [0.05, 0.1) is 0 Å². The van der Waals surface area contributed by atoms with Crippen molar-refractivity contribution in [2.45, 2.75) is 26.7 Å². The van der Waals surface area contributed by atoms with E-state index in [2.05, 4.69) is 0 Å². The van der Waals surface area contributed by atoms with E-state index in [-0.39, 0.29) is 11.7 Å². The normalized spacial score (nSPS) is 12.5. The Labute approximate surface area is 83.9 Å². The van der Waals surface area contributed by atoms with Crippen molar-refractivity contribution in [3.05, 3.63) is 35.1 Å². The molecule has 1 aromatic carbocycles. The van der Waals surface area contributed by atoms with E-state index >= 15 is 0 Å². The van der Waals surface area contributed by atoms with Crippen LogP contribution in [0.3, 0.4) is 0 Å². The van der Waals surface area contributed by atoms with Gasteiger partial charge >= 0.3 is 0 Å². The number of aldehydes is 1. The summed E-state index contributed by atoms with van der Waals surface area (Å²) in [6.45, 7) is 3.75. The lowest BCUT2D eigenvalue weighted by Gasteiger charge is -2.06. The minimum Gasteiger partial charge on any atom is -0.303 e. The molecule has 1 rings (SSSR count). The van der Waals surface area contributed by atoms with Crippen molar-refractivity contribution in [2.24, 2.45) is 5.92 Å². The molecule has 0 spiro atoms. The van der Waals surface area contributed by atoms with Crippen LogP contribution in [0, 0.1) is 11.7 Å². The van der Waals surface area contributed by atoms with Gasteiger partial charge in [-0.2, -0.15) is 0 Å². The highest BCUT2D eigenvalue weighted by atomic mass is 19.1. The lowest BCUT2D eigenvalue weighted by Crippen LogP contribution is -2.01. The Morgan fingerprint density at radius 3 is 2.71 bits per heavy atom. The van der Waals surface area contributed by atoms with Gasteiger partial charge in [-0.25, -0.2) is 4.39 Å². The van der Waals surface area contributed by atoms with Crippen LogP contribution in [0.5, 0.6) is 0 Å². The molecule has 1 nitrogen and oxygen atoms in total. The molecule has 0 saturated heterocycles. The van der Waals surface area contributed by atoms with Crippen molar-refractivity contribution >= 4 is 6.29 Å². The summed E-state index contributed by atoms with van der Waals surface area (Å²) in [4.78, 5) is 10.4. The van der Waals surface area contributed by atoms with E-state index in [0.717, 1.165) is 17.4 Å². The second kappa shape index (κ2) is 4.89. The minimum absolute atomic E-state index is 0.0399. The summed E-state index contributed by atoms with van der Waals surface area (Å²) in [7, 11) is 0. The average molecular weight is 194 g/mol. The molecule has 0 saturated carbocycles. The van der Waals surface area contributed by atoms with E-state index < -0.39 is 0 Å². The first-order chi connectivity index (χ1) is 6.67. The molecule has 0 bridgehead atoms. The Hall–Kier alpha value is -1.18. The van der Waals surface area contributed by atoms with E-state index in [4.69, 9.17) is 0 Å². The number of aryl methyl sites for hydroxylation is 1. The Balaban J connectivity index is 2.80. The molecule has 0 N–H and O–H groups in total. The van der Waals surface area contributed by atoms with Crippen LogP contribution in [-0.2, 0) is 17.6 Å². The van der Waals surface area contributed by atoms with Crippen LogP contribution in [0.15, 0.2) is 18.2 Å². The number of halogens is 1. The topological polar surface area (TPSA) is 17.1 Å². The van der Waals surface area contributed by atoms with E-state index in [1.807, 2.05) is 19.9 Å². The maximum Gasteiger partial charge on any atom is 0.126 e. The van der Waals surface area contributed by atoms with E-state index in [9.17, 15) is 9.18 Å². The van der Waals surface area contributed by atoms with Crippen molar-refractivity contribution < 1.29 is 9.18 Å². The smallest absolute Gasteiger partial charge is 0.126 e. The van der Waals surface area contributed by atoms with Crippen LogP contribution in [0.25, 0.3) is 0 Å². The number of rotatable bonds is 4. The molecular formula is C12H15FO. The lowest BCUT2D eigenvalue weighted by atomic mass is 10.0. The monoisotopic (exact) mass is 194 g/mol. The van der Waals surface area contributed by atoms with Gasteiger partial charge in [-0.3, -0.25) is 0 Å². The van der Waals surface area contributed by atoms with Crippen LogP contribution in [0.4, 0.5) is 4.39 Å². The number of benzene rings is 1. The molecule has 0 aliphatic heterocycles. The van der Waals surface area contributed by atoms with Gasteiger partial charge in [0.2, 0.25) is 0 Å². The summed E-state index contributed by atoms with van der Waals surface area (Å²) in [5, 5.41) is 0. The maximum absolute atomic E-state index is 13.3. The molecule has 0 aliphatic rings. The Morgan fingerprint density at radius 2 is 2.21 bits per heavy atom. The quantitative estimate of drug-likeness (QED) is 0.673. The molecule has 1 aromatic rings. The molecule has 1 unspecified atom stereocenters. The molecule has 0 radical (unpaired) electrons. The van der Waals surface area contributed by atoms with Gasteiger partial charge in [0, 0.05) is 5.92 Å². The van der Waals surface area contributed by atoms with Gasteiger partial charge in [-0.05, 0) is 30.0 Å². The zero-order chi connectivity index (χ0) is 10.6. The summed E-state index contributed by atoms with van der Waals surface area (Å²) in [5.74, 6) is -0.204. The summed E-state index contributed by atoms with van der Waals surface area (Å²) in [5.41, 5.74) is 1.62. The first kappa shape index (κ1) is 10.9. The second-order valence-corrected chi connectivity index (χ2v) is 3.60. The number of carbonyl (C=O) groups excluding carboxylic acids is 1. The number of hydrogen-bond donors (Lipinski definition) is 0. The van der Waals surface area contributed by atoms with Gasteiger partial charge < -0.3 is 4.79 Å². The van der Waals surface area contributed by atoms with Crippen molar-refractivity contribution in [1.29, 1.82) is 0 Å². The zero-order valence-corrected chi connectivity index (χ0v) is 8.59. The third kappa shape index (κ3) is 2.66. The van der Waals surface area contributed by atoms with Crippen LogP contribution in [0.1, 0.15) is 25.0 Å². The molecule has 76 valence electrons. The van der Waals surface area contributed by atoms with Crippen LogP contribution in [-0.4, -0.2) is 6.29 Å². The molecular weight excluding hydrogens is 179 g/mol. The zero-order valence-electron chi connectivity index (χ0n) is 8.59. The van der Waals surface area contributed by atoms with Crippen molar-refractivity contribution in [3.8, 4) is 0 Å². The summed E-state index contributed by atoms with van der Waals surface area (Å²) in [6, 6.07) is 5.21. The minimum atomic E-state index is -0.164. The molecule has 2 heteroatoms. The molecule has 0 heterocycles. The fraction of sp³-hybridized carbons (Fsp3) is 0.417. The van der Waals surface area contributed by atoms with Crippen molar-refractivity contribution in [3.63, 3.8) is 0 Å². The second-order valence-electron chi connectivity index (χ2n) is 3.60. The lowest BCUT2D eigenvalue weighted by molar-refractivity contribution is -0.110. The summed E-state index contributed by atoms with van der Waals surface area (Å²) < 4.78 is 13.3. The Morgan fingerprint density at radius 1 is 1.50 bits per heavy atom. The summed E-state index contributed by atoms with van der Waals surface area (Å²) in [6.07, 6.45) is 2.21. The SMILES string of the molecule is CCc1ccc(CC(C)C=O)cc1F. The third-order valence-electron chi connectivity index (χ3n) is 2.29. The van der Waals surface area contributed by atoms with E-state index in [1.54, 1.807) is 6.07 Å². The number of hydrogen-bond acceptors (Lipinski definition) is 1. The van der Waals surface area contributed by atoms with Gasteiger partial charge in [-0.15, -0.1) is 0 Å². The summed E-state index contributed by atoms with van der Waals surface area (Å²) >= 11 is 0. The predicted molar refractivity (Wildman–Crippen MR) is 54.7 cm³/mol. The standard InChI is InChI=1S/C12H15FO/c1-3-11-5-4-10(7-12(11)13)6-9(2)8-14/h4-5,7-9H,3,6H2,1-2H3. The third-order valence-corrected chi connectivity index (χ3v) is 2.29. The molecule has 0 fully saturated rings. The van der Waals surface area contributed by atoms with Gasteiger partial charge in [0.15, 0.2) is 0 Å². The van der Waals surface area contributed by atoms with Gasteiger partial charge in [-0.1, -0.05) is 26.0 Å². The highest BCUT2D eigenvalue weighted by molar-refractivity contribution is 5.53. The van der Waals surface area contributed by atoms with Gasteiger partial charge in [0.25, 0.3) is 0 Å². The fourth-order valence-electron chi connectivity index (χ4n) is 1.42. The van der Waals surface area contributed by atoms with Crippen molar-refractivity contribution in [2.75, 3.05) is 0 Å². The molecule has 0 aliphatic carbocycles. The maximum atomic E-state index is 13.3. The first-order valence-electron chi connectivity index (χ1n) is 4.90. The molecule has 0 aromatic heterocycles. The Bertz CT molecular complexity index is 320. The van der Waals surface area contributed by atoms with E-state index in [0.29, 0.717) is 12.8 Å². The molecule has 0 amide bonds. The molecule has 1 atom stereocenters. The number of carbonyl (C=O) groups is 1. The average Bonchev–Trinajstić information content (AvgIpc) is 2.18. The van der Waals surface area contributed by atoms with Crippen LogP contribution >= 0.6 is 0 Å². The van der Waals surface area contributed by atoms with E-state index in [1.165, 1.54) is 6.07 Å². The highest BCUT2D eigenvalue weighted by Crippen LogP contribution is 2.13. The highest BCUT2D eigenvalue weighted by Gasteiger charge is 2.05. The van der Waals surface area contributed by atoms with Crippen molar-refractivity contribution in [1.82, 2.24) is 0 Å². The van der Waals surface area contributed by atoms with Crippen LogP contribution in [0.2, 0.25) is 0 Å².